The van der Waals surface area contributed by atoms with Crippen LogP contribution in [-0.4, -0.2) is 59.3 Å². The molecule has 2 aliphatic carbocycles. The second-order valence-electron chi connectivity index (χ2n) is 8.21. The molecule has 0 bridgehead atoms. The van der Waals surface area contributed by atoms with Gasteiger partial charge in [-0.1, -0.05) is 32.6 Å². The van der Waals surface area contributed by atoms with E-state index >= 15 is 0 Å². The highest BCUT2D eigenvalue weighted by Crippen LogP contribution is 2.31. The van der Waals surface area contributed by atoms with Crippen molar-refractivity contribution < 1.29 is 5.11 Å². The SMILES string of the molecule is CC1CCN(CC(O)CN(C2CCCC2)C2CCCC2)CC1. The van der Waals surface area contributed by atoms with Crippen LogP contribution in [0.2, 0.25) is 0 Å². The summed E-state index contributed by atoms with van der Waals surface area (Å²) in [5.41, 5.74) is 0. The third kappa shape index (κ3) is 4.46. The Labute approximate surface area is 137 Å². The van der Waals surface area contributed by atoms with Crippen LogP contribution in [0.4, 0.5) is 0 Å². The molecule has 0 aromatic carbocycles. The van der Waals surface area contributed by atoms with E-state index in [1.54, 1.807) is 0 Å². The summed E-state index contributed by atoms with van der Waals surface area (Å²) in [5, 5.41) is 10.7. The van der Waals surface area contributed by atoms with Crippen LogP contribution in [-0.2, 0) is 0 Å². The average Bonchev–Trinajstić information content (AvgIpc) is 3.21. The maximum atomic E-state index is 10.7. The first kappa shape index (κ1) is 16.7. The zero-order valence-electron chi connectivity index (χ0n) is 14.6. The number of hydrogen-bond donors (Lipinski definition) is 1. The van der Waals surface area contributed by atoms with Crippen LogP contribution in [0.5, 0.6) is 0 Å². The van der Waals surface area contributed by atoms with Gasteiger partial charge in [0.25, 0.3) is 0 Å². The van der Waals surface area contributed by atoms with Gasteiger partial charge in [-0.15, -0.1) is 0 Å². The van der Waals surface area contributed by atoms with Crippen LogP contribution in [0, 0.1) is 5.92 Å². The lowest BCUT2D eigenvalue weighted by Crippen LogP contribution is -2.48. The van der Waals surface area contributed by atoms with Crippen LogP contribution >= 0.6 is 0 Å². The van der Waals surface area contributed by atoms with E-state index in [-0.39, 0.29) is 6.10 Å². The zero-order chi connectivity index (χ0) is 15.4. The lowest BCUT2D eigenvalue weighted by atomic mass is 9.99. The molecule has 1 aliphatic heterocycles. The maximum absolute atomic E-state index is 10.7. The van der Waals surface area contributed by atoms with Crippen molar-refractivity contribution in [3.8, 4) is 0 Å². The Morgan fingerprint density at radius 3 is 1.91 bits per heavy atom. The first-order valence-electron chi connectivity index (χ1n) is 9.88. The molecule has 2 saturated carbocycles. The molecule has 3 nitrogen and oxygen atoms in total. The quantitative estimate of drug-likeness (QED) is 0.816. The molecule has 0 amide bonds. The minimum Gasteiger partial charge on any atom is -0.390 e. The van der Waals surface area contributed by atoms with Crippen LogP contribution in [0.15, 0.2) is 0 Å². The molecular formula is C19H36N2O. The minimum atomic E-state index is -0.158. The highest BCUT2D eigenvalue weighted by molar-refractivity contribution is 4.87. The van der Waals surface area contributed by atoms with Crippen molar-refractivity contribution >= 4 is 0 Å². The summed E-state index contributed by atoms with van der Waals surface area (Å²) in [4.78, 5) is 5.21. The zero-order valence-corrected chi connectivity index (χ0v) is 14.6. The second-order valence-corrected chi connectivity index (χ2v) is 8.21. The van der Waals surface area contributed by atoms with E-state index < -0.39 is 0 Å². The number of likely N-dealkylation sites (tertiary alicyclic amines) is 1. The molecular weight excluding hydrogens is 272 g/mol. The van der Waals surface area contributed by atoms with Gasteiger partial charge in [0.2, 0.25) is 0 Å². The molecule has 128 valence electrons. The van der Waals surface area contributed by atoms with Crippen molar-refractivity contribution in [3.05, 3.63) is 0 Å². The molecule has 0 aromatic rings. The molecule has 3 heteroatoms. The molecule has 1 saturated heterocycles. The molecule has 1 unspecified atom stereocenters. The largest absolute Gasteiger partial charge is 0.390 e. The van der Waals surface area contributed by atoms with E-state index in [2.05, 4.69) is 16.7 Å². The van der Waals surface area contributed by atoms with Gasteiger partial charge >= 0.3 is 0 Å². The standard InChI is InChI=1S/C19H36N2O/c1-16-10-12-20(13-11-16)14-19(22)15-21(17-6-2-3-7-17)18-8-4-5-9-18/h16-19,22H,2-15H2,1H3. The number of hydrogen-bond acceptors (Lipinski definition) is 3. The van der Waals surface area contributed by atoms with E-state index in [1.165, 1.54) is 77.3 Å². The van der Waals surface area contributed by atoms with Crippen LogP contribution in [0.25, 0.3) is 0 Å². The Bertz CT molecular complexity index is 299. The fraction of sp³-hybridized carbons (Fsp3) is 1.00. The van der Waals surface area contributed by atoms with E-state index in [0.29, 0.717) is 0 Å². The summed E-state index contributed by atoms with van der Waals surface area (Å²) < 4.78 is 0. The second kappa shape index (κ2) is 8.12. The summed E-state index contributed by atoms with van der Waals surface area (Å²) in [6.45, 7) is 6.54. The van der Waals surface area contributed by atoms with Gasteiger partial charge in [0.1, 0.15) is 0 Å². The minimum absolute atomic E-state index is 0.158. The Kier molecular flexibility index (Phi) is 6.17. The number of β-amino-alcohol motifs (C(OH)–C–C–N with tert-alkyl or cyclic N) is 1. The fourth-order valence-corrected chi connectivity index (χ4v) is 4.91. The van der Waals surface area contributed by atoms with Gasteiger partial charge in [0.15, 0.2) is 0 Å². The average molecular weight is 309 g/mol. The Hall–Kier alpha value is -0.120. The molecule has 1 heterocycles. The lowest BCUT2D eigenvalue weighted by molar-refractivity contribution is 0.0306. The topological polar surface area (TPSA) is 26.7 Å². The smallest absolute Gasteiger partial charge is 0.0794 e. The third-order valence-electron chi connectivity index (χ3n) is 6.35. The first-order chi connectivity index (χ1) is 10.7. The van der Waals surface area contributed by atoms with Gasteiger partial charge in [-0.2, -0.15) is 0 Å². The van der Waals surface area contributed by atoms with Crippen molar-refractivity contribution in [3.63, 3.8) is 0 Å². The monoisotopic (exact) mass is 308 g/mol. The molecule has 1 N–H and O–H groups in total. The molecule has 3 aliphatic rings. The van der Waals surface area contributed by atoms with E-state index in [0.717, 1.165) is 31.1 Å². The van der Waals surface area contributed by atoms with Gasteiger partial charge < -0.3 is 10.0 Å². The van der Waals surface area contributed by atoms with Crippen LogP contribution < -0.4 is 0 Å². The fourth-order valence-electron chi connectivity index (χ4n) is 4.91. The van der Waals surface area contributed by atoms with Gasteiger partial charge in [0.05, 0.1) is 6.10 Å². The van der Waals surface area contributed by atoms with Crippen LogP contribution in [0.3, 0.4) is 0 Å². The molecule has 22 heavy (non-hydrogen) atoms. The van der Waals surface area contributed by atoms with E-state index in [1.807, 2.05) is 0 Å². The molecule has 3 rings (SSSR count). The number of piperidine rings is 1. The van der Waals surface area contributed by atoms with E-state index in [9.17, 15) is 5.11 Å². The van der Waals surface area contributed by atoms with Gasteiger partial charge in [-0.3, -0.25) is 4.90 Å². The lowest BCUT2D eigenvalue weighted by Gasteiger charge is -2.38. The predicted octanol–water partition coefficient (Wildman–Crippen LogP) is 3.27. The van der Waals surface area contributed by atoms with Crippen molar-refractivity contribution in [2.75, 3.05) is 26.2 Å². The summed E-state index contributed by atoms with van der Waals surface area (Å²) in [6, 6.07) is 1.53. The molecule has 0 aromatic heterocycles. The van der Waals surface area contributed by atoms with Gasteiger partial charge in [0, 0.05) is 25.2 Å². The normalized spacial score (nSPS) is 28.0. The van der Waals surface area contributed by atoms with Crippen molar-refractivity contribution in [2.24, 2.45) is 5.92 Å². The first-order valence-corrected chi connectivity index (χ1v) is 9.88. The number of aliphatic hydroxyl groups is 1. The van der Waals surface area contributed by atoms with Gasteiger partial charge in [-0.05, 0) is 57.5 Å². The van der Waals surface area contributed by atoms with Crippen molar-refractivity contribution in [1.82, 2.24) is 9.80 Å². The van der Waals surface area contributed by atoms with Crippen LogP contribution in [0.1, 0.15) is 71.1 Å². The Morgan fingerprint density at radius 1 is 0.909 bits per heavy atom. The molecule has 3 fully saturated rings. The third-order valence-corrected chi connectivity index (χ3v) is 6.35. The number of aliphatic hydroxyl groups excluding tert-OH is 1. The summed E-state index contributed by atoms with van der Waals surface area (Å²) in [7, 11) is 0. The number of nitrogens with zero attached hydrogens (tertiary/aromatic N) is 2. The highest BCUT2D eigenvalue weighted by atomic mass is 16.3. The summed E-state index contributed by atoms with van der Waals surface area (Å²) in [5.74, 6) is 0.877. The molecule has 0 spiro atoms. The van der Waals surface area contributed by atoms with Crippen molar-refractivity contribution in [2.45, 2.75) is 89.3 Å². The Balaban J connectivity index is 1.50. The van der Waals surface area contributed by atoms with Gasteiger partial charge in [-0.25, -0.2) is 0 Å². The number of rotatable bonds is 6. The molecule has 0 radical (unpaired) electrons. The highest BCUT2D eigenvalue weighted by Gasteiger charge is 2.32. The predicted molar refractivity (Wildman–Crippen MR) is 92.1 cm³/mol. The maximum Gasteiger partial charge on any atom is 0.0794 e. The summed E-state index contributed by atoms with van der Waals surface area (Å²) in [6.07, 6.45) is 13.5. The summed E-state index contributed by atoms with van der Waals surface area (Å²) >= 11 is 0. The molecule has 1 atom stereocenters. The van der Waals surface area contributed by atoms with E-state index in [4.69, 9.17) is 0 Å². The van der Waals surface area contributed by atoms with Crippen molar-refractivity contribution in [1.29, 1.82) is 0 Å². The Morgan fingerprint density at radius 2 is 1.41 bits per heavy atom.